The van der Waals surface area contributed by atoms with Crippen molar-refractivity contribution in [3.8, 4) is 11.8 Å². The summed E-state index contributed by atoms with van der Waals surface area (Å²) in [4.78, 5) is 10.7. The van der Waals surface area contributed by atoms with E-state index in [1.807, 2.05) is 6.07 Å². The molecular weight excluding hydrogens is 218 g/mol. The van der Waals surface area contributed by atoms with E-state index in [1.54, 1.807) is 37.5 Å². The summed E-state index contributed by atoms with van der Waals surface area (Å²) in [7, 11) is 1.55. The third-order valence-electron chi connectivity index (χ3n) is 2.20. The normalized spacial score (nSPS) is 10.1. The minimum Gasteiger partial charge on any atom is -0.497 e. The maximum Gasteiger partial charge on any atom is 0.307 e. The highest BCUT2D eigenvalue weighted by Crippen LogP contribution is 2.19. The van der Waals surface area contributed by atoms with Crippen molar-refractivity contribution in [2.75, 3.05) is 7.11 Å². The minimum absolute atomic E-state index is 0.0454. The Kier molecular flexibility index (Phi) is 4.77. The summed E-state index contributed by atoms with van der Waals surface area (Å²) < 4.78 is 5.07. The van der Waals surface area contributed by atoms with Gasteiger partial charge in [-0.2, -0.15) is 5.26 Å². The molecule has 0 aromatic heterocycles. The quantitative estimate of drug-likeness (QED) is 0.843. The van der Waals surface area contributed by atoms with Gasteiger partial charge in [0.2, 0.25) is 0 Å². The lowest BCUT2D eigenvalue weighted by atomic mass is 10.0. The Balaban J connectivity index is 3.03. The van der Waals surface area contributed by atoms with Crippen molar-refractivity contribution in [3.05, 3.63) is 35.4 Å². The van der Waals surface area contributed by atoms with E-state index in [0.29, 0.717) is 17.7 Å². The number of hydrogen-bond donors (Lipinski definition) is 1. The number of ether oxygens (including phenoxy) is 1. The first kappa shape index (κ1) is 12.8. The van der Waals surface area contributed by atoms with Crippen LogP contribution in [0, 0.1) is 11.3 Å². The van der Waals surface area contributed by atoms with E-state index in [1.165, 1.54) is 0 Å². The molecule has 88 valence electrons. The van der Waals surface area contributed by atoms with Crippen molar-refractivity contribution in [2.24, 2.45) is 0 Å². The van der Waals surface area contributed by atoms with Crippen molar-refractivity contribution in [1.82, 2.24) is 0 Å². The van der Waals surface area contributed by atoms with Gasteiger partial charge in [-0.15, -0.1) is 0 Å². The molecule has 0 saturated carbocycles. The Bertz CT molecular complexity index is 472. The number of nitriles is 1. The zero-order chi connectivity index (χ0) is 12.7. The summed E-state index contributed by atoms with van der Waals surface area (Å²) in [6, 6.07) is 7.19. The molecule has 1 aromatic rings. The molecule has 0 radical (unpaired) electrons. The maximum absolute atomic E-state index is 10.7. The molecule has 4 heteroatoms. The first-order valence-electron chi connectivity index (χ1n) is 5.09. The van der Waals surface area contributed by atoms with Gasteiger partial charge in [-0.25, -0.2) is 0 Å². The summed E-state index contributed by atoms with van der Waals surface area (Å²) in [5.74, 6) is -0.221. The molecule has 0 bridgehead atoms. The highest BCUT2D eigenvalue weighted by Gasteiger charge is 2.06. The van der Waals surface area contributed by atoms with Gasteiger partial charge in [0.05, 0.1) is 26.0 Å². The number of carbonyl (C=O) groups is 1. The van der Waals surface area contributed by atoms with Crippen LogP contribution in [0.15, 0.2) is 24.3 Å². The number of nitrogens with zero attached hydrogens (tertiary/aromatic N) is 1. The molecule has 1 rings (SSSR count). The van der Waals surface area contributed by atoms with Gasteiger partial charge in [0.25, 0.3) is 0 Å². The van der Waals surface area contributed by atoms with Gasteiger partial charge in [0.15, 0.2) is 0 Å². The number of aliphatic carboxylic acids is 1. The van der Waals surface area contributed by atoms with Crippen molar-refractivity contribution >= 4 is 12.0 Å². The van der Waals surface area contributed by atoms with E-state index in [4.69, 9.17) is 15.1 Å². The molecule has 0 atom stereocenters. The fourth-order valence-corrected chi connectivity index (χ4v) is 1.42. The Morgan fingerprint density at radius 3 is 2.94 bits per heavy atom. The number of carboxylic acid groups (broad SMARTS) is 1. The molecule has 0 heterocycles. The third kappa shape index (κ3) is 3.99. The number of methoxy groups -OCH3 is 1. The van der Waals surface area contributed by atoms with Crippen molar-refractivity contribution in [3.63, 3.8) is 0 Å². The summed E-state index contributed by atoms with van der Waals surface area (Å²) in [5, 5.41) is 17.2. The molecule has 0 fully saturated rings. The van der Waals surface area contributed by atoms with Crippen LogP contribution in [0.3, 0.4) is 0 Å². The molecule has 17 heavy (non-hydrogen) atoms. The molecule has 0 unspecified atom stereocenters. The van der Waals surface area contributed by atoms with Crippen LogP contribution in [0.4, 0.5) is 0 Å². The van der Waals surface area contributed by atoms with Crippen LogP contribution in [0.2, 0.25) is 0 Å². The van der Waals surface area contributed by atoms with E-state index < -0.39 is 5.97 Å². The van der Waals surface area contributed by atoms with E-state index in [0.717, 1.165) is 5.56 Å². The molecule has 0 aliphatic carbocycles. The molecule has 0 amide bonds. The Morgan fingerprint density at radius 1 is 1.59 bits per heavy atom. The predicted octanol–water partition coefficient (Wildman–Crippen LogP) is 2.25. The number of rotatable bonds is 5. The standard InChI is InChI=1S/C13H13NO3/c1-17-12-6-5-11(9-13(15)16)10(8-12)4-2-3-7-14/h2,4-6,8H,3,9H2,1H3,(H,15,16). The number of benzene rings is 1. The topological polar surface area (TPSA) is 70.3 Å². The molecule has 0 spiro atoms. The maximum atomic E-state index is 10.7. The fourth-order valence-electron chi connectivity index (χ4n) is 1.42. The number of hydrogen-bond acceptors (Lipinski definition) is 3. The smallest absolute Gasteiger partial charge is 0.307 e. The predicted molar refractivity (Wildman–Crippen MR) is 63.6 cm³/mol. The van der Waals surface area contributed by atoms with Gasteiger partial charge in [-0.05, 0) is 23.3 Å². The van der Waals surface area contributed by atoms with Crippen LogP contribution in [0.1, 0.15) is 17.5 Å². The zero-order valence-corrected chi connectivity index (χ0v) is 9.51. The molecular formula is C13H13NO3. The lowest BCUT2D eigenvalue weighted by Gasteiger charge is -2.06. The minimum atomic E-state index is -0.884. The van der Waals surface area contributed by atoms with Crippen molar-refractivity contribution < 1.29 is 14.6 Å². The first-order valence-corrected chi connectivity index (χ1v) is 5.09. The van der Waals surface area contributed by atoms with Gasteiger partial charge >= 0.3 is 5.97 Å². The third-order valence-corrected chi connectivity index (χ3v) is 2.20. The van der Waals surface area contributed by atoms with Crippen LogP contribution >= 0.6 is 0 Å². The molecule has 0 saturated heterocycles. The Hall–Kier alpha value is -2.28. The van der Waals surface area contributed by atoms with Crippen LogP contribution < -0.4 is 4.74 Å². The molecule has 1 aromatic carbocycles. The second-order valence-electron chi connectivity index (χ2n) is 3.40. The monoisotopic (exact) mass is 231 g/mol. The fraction of sp³-hybridized carbons (Fsp3) is 0.231. The van der Waals surface area contributed by atoms with E-state index in [2.05, 4.69) is 0 Å². The number of allylic oxidation sites excluding steroid dienone is 1. The zero-order valence-electron chi connectivity index (χ0n) is 9.51. The Morgan fingerprint density at radius 2 is 2.35 bits per heavy atom. The molecule has 1 N–H and O–H groups in total. The first-order chi connectivity index (χ1) is 8.17. The number of carboxylic acids is 1. The van der Waals surface area contributed by atoms with E-state index >= 15 is 0 Å². The largest absolute Gasteiger partial charge is 0.497 e. The summed E-state index contributed by atoms with van der Waals surface area (Å²) in [5.41, 5.74) is 1.47. The lowest BCUT2D eigenvalue weighted by molar-refractivity contribution is -0.136. The van der Waals surface area contributed by atoms with Crippen LogP contribution in [0.5, 0.6) is 5.75 Å². The molecule has 4 nitrogen and oxygen atoms in total. The van der Waals surface area contributed by atoms with Crippen molar-refractivity contribution in [1.29, 1.82) is 5.26 Å². The molecule has 0 aliphatic heterocycles. The molecule has 0 aliphatic rings. The average molecular weight is 231 g/mol. The van der Waals surface area contributed by atoms with Crippen LogP contribution in [-0.2, 0) is 11.2 Å². The summed E-state index contributed by atoms with van der Waals surface area (Å²) in [6.45, 7) is 0. The van der Waals surface area contributed by atoms with Gasteiger partial charge in [-0.1, -0.05) is 18.2 Å². The van der Waals surface area contributed by atoms with Gasteiger partial charge < -0.3 is 9.84 Å². The summed E-state index contributed by atoms with van der Waals surface area (Å²) >= 11 is 0. The second-order valence-corrected chi connectivity index (χ2v) is 3.40. The second kappa shape index (κ2) is 6.33. The highest BCUT2D eigenvalue weighted by molar-refractivity contribution is 5.73. The SMILES string of the molecule is COc1ccc(CC(=O)O)c(C=CCC#N)c1. The van der Waals surface area contributed by atoms with Gasteiger partial charge in [0.1, 0.15) is 5.75 Å². The van der Waals surface area contributed by atoms with E-state index in [-0.39, 0.29) is 6.42 Å². The van der Waals surface area contributed by atoms with Crippen LogP contribution in [0.25, 0.3) is 6.08 Å². The van der Waals surface area contributed by atoms with Crippen molar-refractivity contribution in [2.45, 2.75) is 12.8 Å². The Labute approximate surface area is 99.8 Å². The highest BCUT2D eigenvalue weighted by atomic mass is 16.5. The lowest BCUT2D eigenvalue weighted by Crippen LogP contribution is -2.02. The summed E-state index contributed by atoms with van der Waals surface area (Å²) in [6.07, 6.45) is 3.68. The van der Waals surface area contributed by atoms with Crippen LogP contribution in [-0.4, -0.2) is 18.2 Å². The van der Waals surface area contributed by atoms with Gasteiger partial charge in [-0.3, -0.25) is 4.79 Å². The van der Waals surface area contributed by atoms with Gasteiger partial charge in [0, 0.05) is 0 Å². The average Bonchev–Trinajstić information content (AvgIpc) is 2.30. The van der Waals surface area contributed by atoms with E-state index in [9.17, 15) is 4.79 Å².